The van der Waals surface area contributed by atoms with Gasteiger partial charge in [0, 0.05) is 12.6 Å². The lowest BCUT2D eigenvalue weighted by Crippen LogP contribution is -2.38. The number of nitrogens with zero attached hydrogens (tertiary/aromatic N) is 3. The number of pyridine rings is 1. The second-order valence-electron chi connectivity index (χ2n) is 5.23. The molecule has 1 aliphatic rings. The molecule has 0 N–H and O–H groups in total. The number of hydrogen-bond acceptors (Lipinski definition) is 4. The van der Waals surface area contributed by atoms with Gasteiger partial charge in [-0.1, -0.05) is 25.4 Å². The molecule has 1 saturated heterocycles. The van der Waals surface area contributed by atoms with Gasteiger partial charge < -0.3 is 4.90 Å². The van der Waals surface area contributed by atoms with E-state index in [1.165, 1.54) is 6.07 Å². The first-order valence-electron chi connectivity index (χ1n) is 6.52. The van der Waals surface area contributed by atoms with E-state index in [0.717, 1.165) is 19.0 Å². The monoisotopic (exact) mass is 297 g/mol. The number of halogens is 1. The molecular formula is C13H16ClN3O3. The molecular weight excluding hydrogens is 282 g/mol. The number of carbonyl (C=O) groups is 1. The van der Waals surface area contributed by atoms with Gasteiger partial charge in [-0.15, -0.1) is 0 Å². The van der Waals surface area contributed by atoms with E-state index < -0.39 is 4.92 Å². The second kappa shape index (κ2) is 5.75. The lowest BCUT2D eigenvalue weighted by molar-refractivity contribution is -0.385. The van der Waals surface area contributed by atoms with Crippen molar-refractivity contribution < 1.29 is 9.72 Å². The molecule has 0 bridgehead atoms. The predicted octanol–water partition coefficient (Wildman–Crippen LogP) is 2.90. The molecule has 2 heterocycles. The summed E-state index contributed by atoms with van der Waals surface area (Å²) in [6.07, 6.45) is 2.88. The Morgan fingerprint density at radius 1 is 1.60 bits per heavy atom. The highest BCUT2D eigenvalue weighted by Gasteiger charge is 2.34. The zero-order valence-electron chi connectivity index (χ0n) is 11.4. The molecule has 0 aromatic carbocycles. The first kappa shape index (κ1) is 14.7. The van der Waals surface area contributed by atoms with Crippen molar-refractivity contribution in [3.8, 4) is 0 Å². The van der Waals surface area contributed by atoms with E-state index in [4.69, 9.17) is 11.6 Å². The average molecular weight is 298 g/mol. The Labute approximate surface area is 121 Å². The fourth-order valence-corrected chi connectivity index (χ4v) is 2.79. The van der Waals surface area contributed by atoms with Gasteiger partial charge in [-0.05, 0) is 24.8 Å². The standard InChI is InChI=1S/C13H16ClN3O3/c1-8(2)10-4-3-5-16(10)13(18)9-6-12(14)15-7-11(9)17(19)20/h6-8,10H,3-5H2,1-2H3. The van der Waals surface area contributed by atoms with Gasteiger partial charge in [0.25, 0.3) is 11.6 Å². The molecule has 0 aliphatic carbocycles. The maximum Gasteiger partial charge on any atom is 0.300 e. The molecule has 1 aromatic rings. The summed E-state index contributed by atoms with van der Waals surface area (Å²) >= 11 is 5.77. The molecule has 20 heavy (non-hydrogen) atoms. The highest BCUT2D eigenvalue weighted by molar-refractivity contribution is 6.29. The highest BCUT2D eigenvalue weighted by Crippen LogP contribution is 2.29. The van der Waals surface area contributed by atoms with Crippen molar-refractivity contribution in [2.75, 3.05) is 6.54 Å². The third-order valence-electron chi connectivity index (χ3n) is 3.61. The van der Waals surface area contributed by atoms with Crippen molar-refractivity contribution >= 4 is 23.2 Å². The summed E-state index contributed by atoms with van der Waals surface area (Å²) in [5, 5.41) is 11.1. The summed E-state index contributed by atoms with van der Waals surface area (Å²) < 4.78 is 0. The van der Waals surface area contributed by atoms with Gasteiger partial charge in [0.05, 0.1) is 4.92 Å². The molecule has 1 aromatic heterocycles. The van der Waals surface area contributed by atoms with Gasteiger partial charge >= 0.3 is 0 Å². The Balaban J connectivity index is 2.38. The number of carbonyl (C=O) groups excluding carboxylic acids is 1. The lowest BCUT2D eigenvalue weighted by Gasteiger charge is -2.27. The molecule has 0 saturated carbocycles. The van der Waals surface area contributed by atoms with Crippen LogP contribution in [-0.4, -0.2) is 33.3 Å². The highest BCUT2D eigenvalue weighted by atomic mass is 35.5. The third kappa shape index (κ3) is 2.75. The number of nitro groups is 1. The van der Waals surface area contributed by atoms with Crippen LogP contribution in [0.15, 0.2) is 12.3 Å². The minimum absolute atomic E-state index is 0.0163. The molecule has 0 spiro atoms. The van der Waals surface area contributed by atoms with Gasteiger partial charge in [0.15, 0.2) is 0 Å². The molecule has 6 nitrogen and oxygen atoms in total. The Hall–Kier alpha value is -1.69. The van der Waals surface area contributed by atoms with Crippen molar-refractivity contribution in [2.24, 2.45) is 5.92 Å². The molecule has 1 fully saturated rings. The molecule has 108 valence electrons. The molecule has 0 radical (unpaired) electrons. The largest absolute Gasteiger partial charge is 0.335 e. The minimum atomic E-state index is -0.600. The summed E-state index contributed by atoms with van der Waals surface area (Å²) in [6, 6.07) is 1.40. The Kier molecular flexibility index (Phi) is 4.23. The van der Waals surface area contributed by atoms with Crippen LogP contribution >= 0.6 is 11.6 Å². The van der Waals surface area contributed by atoms with E-state index in [1.807, 2.05) is 13.8 Å². The van der Waals surface area contributed by atoms with Crippen molar-refractivity contribution in [2.45, 2.75) is 32.7 Å². The Morgan fingerprint density at radius 3 is 2.90 bits per heavy atom. The van der Waals surface area contributed by atoms with Crippen molar-refractivity contribution in [1.82, 2.24) is 9.88 Å². The van der Waals surface area contributed by atoms with Crippen LogP contribution in [0.1, 0.15) is 37.0 Å². The number of hydrogen-bond donors (Lipinski definition) is 0. The predicted molar refractivity (Wildman–Crippen MR) is 74.8 cm³/mol. The van der Waals surface area contributed by atoms with Crippen LogP contribution < -0.4 is 0 Å². The van der Waals surface area contributed by atoms with Crippen LogP contribution in [0.3, 0.4) is 0 Å². The Bertz CT molecular complexity index is 548. The van der Waals surface area contributed by atoms with E-state index in [1.54, 1.807) is 4.90 Å². The quantitative estimate of drug-likeness (QED) is 0.488. The third-order valence-corrected chi connectivity index (χ3v) is 3.81. The number of likely N-dealkylation sites (tertiary alicyclic amines) is 1. The van der Waals surface area contributed by atoms with E-state index in [0.29, 0.717) is 12.5 Å². The topological polar surface area (TPSA) is 76.3 Å². The van der Waals surface area contributed by atoms with Crippen LogP contribution in [0.5, 0.6) is 0 Å². The summed E-state index contributed by atoms with van der Waals surface area (Å²) in [5.74, 6) is -0.0185. The summed E-state index contributed by atoms with van der Waals surface area (Å²) in [6.45, 7) is 4.72. The molecule has 1 aliphatic heterocycles. The maximum atomic E-state index is 12.6. The van der Waals surface area contributed by atoms with E-state index in [9.17, 15) is 14.9 Å². The first-order chi connectivity index (χ1) is 9.41. The molecule has 2 rings (SSSR count). The van der Waals surface area contributed by atoms with Gasteiger partial charge in [-0.25, -0.2) is 4.98 Å². The van der Waals surface area contributed by atoms with Crippen molar-refractivity contribution in [3.63, 3.8) is 0 Å². The fraction of sp³-hybridized carbons (Fsp3) is 0.538. The molecule has 1 amide bonds. The summed E-state index contributed by atoms with van der Waals surface area (Å²) in [5.41, 5.74) is -0.281. The molecule has 7 heteroatoms. The van der Waals surface area contributed by atoms with E-state index >= 15 is 0 Å². The first-order valence-corrected chi connectivity index (χ1v) is 6.90. The Morgan fingerprint density at radius 2 is 2.30 bits per heavy atom. The normalized spacial score (nSPS) is 18.6. The zero-order chi connectivity index (χ0) is 14.9. The minimum Gasteiger partial charge on any atom is -0.335 e. The average Bonchev–Trinajstić information content (AvgIpc) is 2.86. The molecule has 1 atom stereocenters. The van der Waals surface area contributed by atoms with Gasteiger partial charge in [-0.2, -0.15) is 0 Å². The van der Waals surface area contributed by atoms with Crippen LogP contribution in [0.4, 0.5) is 5.69 Å². The van der Waals surface area contributed by atoms with Gasteiger partial charge in [0.1, 0.15) is 16.9 Å². The summed E-state index contributed by atoms with van der Waals surface area (Å²) in [7, 11) is 0. The van der Waals surface area contributed by atoms with Crippen molar-refractivity contribution in [1.29, 1.82) is 0 Å². The van der Waals surface area contributed by atoms with E-state index in [2.05, 4.69) is 4.98 Å². The number of amides is 1. The number of rotatable bonds is 3. The molecule has 1 unspecified atom stereocenters. The lowest BCUT2D eigenvalue weighted by atomic mass is 10.0. The van der Waals surface area contributed by atoms with E-state index in [-0.39, 0.29) is 28.4 Å². The second-order valence-corrected chi connectivity index (χ2v) is 5.62. The SMILES string of the molecule is CC(C)C1CCCN1C(=O)c1cc(Cl)ncc1[N+](=O)[O-]. The maximum absolute atomic E-state index is 12.6. The van der Waals surface area contributed by atoms with Gasteiger partial charge in [0.2, 0.25) is 0 Å². The fourth-order valence-electron chi connectivity index (χ4n) is 2.63. The number of aromatic nitrogens is 1. The van der Waals surface area contributed by atoms with Crippen LogP contribution in [-0.2, 0) is 0 Å². The zero-order valence-corrected chi connectivity index (χ0v) is 12.1. The van der Waals surface area contributed by atoms with Crippen molar-refractivity contribution in [3.05, 3.63) is 33.1 Å². The van der Waals surface area contributed by atoms with Gasteiger partial charge in [-0.3, -0.25) is 14.9 Å². The smallest absolute Gasteiger partial charge is 0.300 e. The van der Waals surface area contributed by atoms with Crippen LogP contribution in [0.25, 0.3) is 0 Å². The van der Waals surface area contributed by atoms with Crippen LogP contribution in [0, 0.1) is 16.0 Å². The van der Waals surface area contributed by atoms with Crippen LogP contribution in [0.2, 0.25) is 5.15 Å². The summed E-state index contributed by atoms with van der Waals surface area (Å²) in [4.78, 5) is 28.4.